The molecule has 0 aliphatic rings. The smallest absolute Gasteiger partial charge is 0.118 e. The van der Waals surface area contributed by atoms with E-state index < -0.39 is 6.23 Å². The van der Waals surface area contributed by atoms with Gasteiger partial charge >= 0.3 is 0 Å². The van der Waals surface area contributed by atoms with Crippen LogP contribution in [0.25, 0.3) is 10.8 Å². The quantitative estimate of drug-likeness (QED) is 0.653. The Balaban J connectivity index is 1.56. The van der Waals surface area contributed by atoms with Crippen molar-refractivity contribution in [2.24, 2.45) is 0 Å². The van der Waals surface area contributed by atoms with Gasteiger partial charge in [-0.1, -0.05) is 36.4 Å². The third-order valence-corrected chi connectivity index (χ3v) is 4.15. The number of nitrogens with one attached hydrogen (secondary N) is 1. The van der Waals surface area contributed by atoms with Crippen molar-refractivity contribution in [1.82, 2.24) is 5.32 Å². The highest BCUT2D eigenvalue weighted by atomic mass is 16.5. The van der Waals surface area contributed by atoms with Crippen LogP contribution in [0, 0.1) is 0 Å². The first-order chi connectivity index (χ1) is 11.7. The van der Waals surface area contributed by atoms with E-state index in [1.807, 2.05) is 48.5 Å². The summed E-state index contributed by atoms with van der Waals surface area (Å²) in [7, 11) is 1.66. The van der Waals surface area contributed by atoms with Crippen LogP contribution < -0.4 is 10.1 Å². The molecule has 0 saturated carbocycles. The summed E-state index contributed by atoms with van der Waals surface area (Å²) in [4.78, 5) is 0. The lowest BCUT2D eigenvalue weighted by Gasteiger charge is -2.18. The molecule has 2 unspecified atom stereocenters. The van der Waals surface area contributed by atoms with Gasteiger partial charge in [0.05, 0.1) is 13.4 Å². The van der Waals surface area contributed by atoms with Gasteiger partial charge in [-0.15, -0.1) is 0 Å². The van der Waals surface area contributed by atoms with Gasteiger partial charge in [-0.25, -0.2) is 0 Å². The van der Waals surface area contributed by atoms with E-state index in [9.17, 15) is 5.11 Å². The van der Waals surface area contributed by atoms with E-state index in [1.165, 1.54) is 5.56 Å². The fraction of sp³-hybridized carbons (Fsp3) is 0.300. The van der Waals surface area contributed by atoms with Crippen molar-refractivity contribution in [3.05, 3.63) is 66.1 Å². The van der Waals surface area contributed by atoms with Crippen LogP contribution in [0.15, 0.2) is 59.2 Å². The van der Waals surface area contributed by atoms with Crippen molar-refractivity contribution in [1.29, 1.82) is 0 Å². The van der Waals surface area contributed by atoms with E-state index in [0.717, 1.165) is 28.7 Å². The summed E-state index contributed by atoms with van der Waals surface area (Å²) in [6, 6.07) is 16.1. The molecule has 126 valence electrons. The molecule has 0 bridgehead atoms. The van der Waals surface area contributed by atoms with Crippen LogP contribution in [0.5, 0.6) is 5.75 Å². The molecule has 0 saturated heterocycles. The number of ether oxygens (including phenoxy) is 1. The highest BCUT2D eigenvalue weighted by Crippen LogP contribution is 2.21. The van der Waals surface area contributed by atoms with Crippen LogP contribution in [-0.4, -0.2) is 24.5 Å². The number of rotatable bonds is 7. The average molecular weight is 325 g/mol. The Morgan fingerprint density at radius 3 is 2.58 bits per heavy atom. The third kappa shape index (κ3) is 3.96. The fourth-order valence-corrected chi connectivity index (χ4v) is 2.95. The average Bonchev–Trinajstić information content (AvgIpc) is 2.98. The molecular weight excluding hydrogens is 302 g/mol. The van der Waals surface area contributed by atoms with Gasteiger partial charge in [0.1, 0.15) is 17.7 Å². The number of methoxy groups -OCH3 is 1. The van der Waals surface area contributed by atoms with Gasteiger partial charge < -0.3 is 14.3 Å². The molecule has 1 heterocycles. The monoisotopic (exact) mass is 325 g/mol. The van der Waals surface area contributed by atoms with Gasteiger partial charge in [0.25, 0.3) is 0 Å². The molecule has 2 N–H and O–H groups in total. The second kappa shape index (κ2) is 7.51. The first-order valence-electron chi connectivity index (χ1n) is 8.18. The van der Waals surface area contributed by atoms with Crippen LogP contribution in [0.3, 0.4) is 0 Å². The van der Waals surface area contributed by atoms with Crippen LogP contribution in [-0.2, 0) is 12.8 Å². The summed E-state index contributed by atoms with van der Waals surface area (Å²) >= 11 is 0. The van der Waals surface area contributed by atoms with Crippen molar-refractivity contribution in [2.45, 2.75) is 32.0 Å². The van der Waals surface area contributed by atoms with Gasteiger partial charge in [-0.2, -0.15) is 0 Å². The lowest BCUT2D eigenvalue weighted by Crippen LogP contribution is -2.39. The molecule has 2 aromatic carbocycles. The lowest BCUT2D eigenvalue weighted by atomic mass is 10.1. The summed E-state index contributed by atoms with van der Waals surface area (Å²) in [5.41, 5.74) is 1.20. The molecule has 3 rings (SSSR count). The molecule has 4 heteroatoms. The van der Waals surface area contributed by atoms with Crippen molar-refractivity contribution in [3.8, 4) is 5.75 Å². The number of hydrogen-bond acceptors (Lipinski definition) is 4. The molecule has 4 nitrogen and oxygen atoms in total. The highest BCUT2D eigenvalue weighted by Gasteiger charge is 2.14. The van der Waals surface area contributed by atoms with Crippen molar-refractivity contribution < 1.29 is 14.3 Å². The van der Waals surface area contributed by atoms with E-state index in [2.05, 4.69) is 12.2 Å². The Hall–Kier alpha value is -2.30. The molecule has 3 aromatic rings. The molecule has 0 spiro atoms. The van der Waals surface area contributed by atoms with Gasteiger partial charge in [0.15, 0.2) is 0 Å². The molecule has 0 fully saturated rings. The van der Waals surface area contributed by atoms with Gasteiger partial charge in [0, 0.05) is 23.2 Å². The zero-order valence-electron chi connectivity index (χ0n) is 14.0. The summed E-state index contributed by atoms with van der Waals surface area (Å²) < 4.78 is 10.8. The molecule has 2 atom stereocenters. The zero-order chi connectivity index (χ0) is 16.9. The normalized spacial score (nSPS) is 13.8. The number of fused-ring (bicyclic) bond motifs is 1. The van der Waals surface area contributed by atoms with E-state index in [-0.39, 0.29) is 6.04 Å². The van der Waals surface area contributed by atoms with Crippen molar-refractivity contribution >= 4 is 10.8 Å². The molecule has 0 aliphatic carbocycles. The maximum Gasteiger partial charge on any atom is 0.118 e. The molecule has 0 amide bonds. The van der Waals surface area contributed by atoms with Crippen LogP contribution in [0.4, 0.5) is 0 Å². The molecule has 0 radical (unpaired) electrons. The highest BCUT2D eigenvalue weighted by molar-refractivity contribution is 5.83. The topological polar surface area (TPSA) is 54.6 Å². The maximum absolute atomic E-state index is 10.3. The molecular formula is C20H23NO3. The van der Waals surface area contributed by atoms with Gasteiger partial charge in [-0.05, 0) is 31.0 Å². The minimum atomic E-state index is -0.646. The maximum atomic E-state index is 10.3. The van der Waals surface area contributed by atoms with E-state index in [4.69, 9.17) is 9.15 Å². The number of furan rings is 1. The fourth-order valence-electron chi connectivity index (χ4n) is 2.95. The first kappa shape index (κ1) is 16.6. The standard InChI is InChI=1S/C20H23NO3/c1-14(11-15-7-9-17(23-2)10-8-15)21-20(22)12-19-18-6-4-3-5-16(18)13-24-19/h3-10,13-14,20-22H,11-12H2,1-2H3. The first-order valence-corrected chi connectivity index (χ1v) is 8.18. The molecule has 1 aromatic heterocycles. The van der Waals surface area contributed by atoms with E-state index in [0.29, 0.717) is 6.42 Å². The predicted molar refractivity (Wildman–Crippen MR) is 95.2 cm³/mol. The summed E-state index contributed by atoms with van der Waals surface area (Å²) in [6.45, 7) is 2.06. The SMILES string of the molecule is COc1ccc(CC(C)NC(O)Cc2occ3ccccc23)cc1. The zero-order valence-corrected chi connectivity index (χ0v) is 14.0. The number of benzene rings is 2. The van der Waals surface area contributed by atoms with E-state index in [1.54, 1.807) is 13.4 Å². The number of aliphatic hydroxyl groups is 1. The Morgan fingerprint density at radius 2 is 1.83 bits per heavy atom. The number of aliphatic hydroxyl groups excluding tert-OH is 1. The molecule has 24 heavy (non-hydrogen) atoms. The van der Waals surface area contributed by atoms with Gasteiger partial charge in [0.2, 0.25) is 0 Å². The third-order valence-electron chi connectivity index (χ3n) is 4.15. The minimum absolute atomic E-state index is 0.148. The second-order valence-corrected chi connectivity index (χ2v) is 6.09. The number of hydrogen-bond donors (Lipinski definition) is 2. The largest absolute Gasteiger partial charge is 0.497 e. The Morgan fingerprint density at radius 1 is 1.08 bits per heavy atom. The minimum Gasteiger partial charge on any atom is -0.497 e. The van der Waals surface area contributed by atoms with Gasteiger partial charge in [-0.3, -0.25) is 5.32 Å². The summed E-state index contributed by atoms with van der Waals surface area (Å²) in [5, 5.41) is 15.7. The summed E-state index contributed by atoms with van der Waals surface area (Å²) in [6.07, 6.45) is 2.37. The van der Waals surface area contributed by atoms with Crippen LogP contribution in [0.1, 0.15) is 18.2 Å². The Labute approximate surface area is 142 Å². The predicted octanol–water partition coefficient (Wildman–Crippen LogP) is 3.52. The van der Waals surface area contributed by atoms with Crippen LogP contribution >= 0.6 is 0 Å². The Bertz CT molecular complexity index is 779. The van der Waals surface area contributed by atoms with E-state index >= 15 is 0 Å². The molecule has 0 aliphatic heterocycles. The van der Waals surface area contributed by atoms with Crippen LogP contribution in [0.2, 0.25) is 0 Å². The second-order valence-electron chi connectivity index (χ2n) is 6.09. The van der Waals surface area contributed by atoms with Crippen molar-refractivity contribution in [2.75, 3.05) is 7.11 Å². The lowest BCUT2D eigenvalue weighted by molar-refractivity contribution is 0.119. The van der Waals surface area contributed by atoms with Crippen molar-refractivity contribution in [3.63, 3.8) is 0 Å². The summed E-state index contributed by atoms with van der Waals surface area (Å²) in [5.74, 6) is 1.66. The Kier molecular flexibility index (Phi) is 5.18.